The zero-order valence-corrected chi connectivity index (χ0v) is 16.8. The molecular weight excluding hydrogens is 398 g/mol. The van der Waals surface area contributed by atoms with Crippen molar-refractivity contribution in [2.75, 3.05) is 12.4 Å². The second-order valence-corrected chi connectivity index (χ2v) is 6.29. The van der Waals surface area contributed by atoms with Gasteiger partial charge in [-0.1, -0.05) is 24.3 Å². The van der Waals surface area contributed by atoms with Crippen molar-refractivity contribution in [3.63, 3.8) is 0 Å². The Morgan fingerprint density at radius 3 is 2.61 bits per heavy atom. The van der Waals surface area contributed by atoms with Gasteiger partial charge in [0.1, 0.15) is 6.61 Å². The van der Waals surface area contributed by atoms with Crippen LogP contribution in [-0.4, -0.2) is 24.0 Å². The van der Waals surface area contributed by atoms with Gasteiger partial charge in [-0.3, -0.25) is 9.78 Å². The second kappa shape index (κ2) is 10.6. The van der Waals surface area contributed by atoms with E-state index in [-0.39, 0.29) is 5.56 Å². The standard InChI is InChI=1S/C23H21N3O5/c1-29-21-14-16(9-11-20(21)30-15-17-6-4-5-13-25-17)10-12-22(27)26-19-8-3-2-7-18(19)23(28)31-24/h2-14H,15,24H2,1H3,(H,26,27)/b12-10+. The van der Waals surface area contributed by atoms with Gasteiger partial charge in [-0.15, -0.1) is 0 Å². The highest BCUT2D eigenvalue weighted by molar-refractivity contribution is 6.06. The van der Waals surface area contributed by atoms with Gasteiger partial charge in [0.15, 0.2) is 11.5 Å². The van der Waals surface area contributed by atoms with Crippen LogP contribution in [0.2, 0.25) is 0 Å². The van der Waals surface area contributed by atoms with Gasteiger partial charge in [-0.2, -0.15) is 5.90 Å². The minimum absolute atomic E-state index is 0.155. The van der Waals surface area contributed by atoms with Crippen LogP contribution in [0.3, 0.4) is 0 Å². The lowest BCUT2D eigenvalue weighted by molar-refractivity contribution is -0.111. The molecule has 1 amide bonds. The number of amides is 1. The summed E-state index contributed by atoms with van der Waals surface area (Å²) in [4.78, 5) is 32.4. The number of benzene rings is 2. The summed E-state index contributed by atoms with van der Waals surface area (Å²) in [6.07, 6.45) is 4.66. The van der Waals surface area contributed by atoms with Crippen LogP contribution in [0.15, 0.2) is 72.9 Å². The van der Waals surface area contributed by atoms with Crippen LogP contribution in [-0.2, 0) is 16.2 Å². The lowest BCUT2D eigenvalue weighted by Crippen LogP contribution is -2.15. The van der Waals surface area contributed by atoms with Gasteiger partial charge in [-0.25, -0.2) is 4.79 Å². The molecule has 0 atom stereocenters. The van der Waals surface area contributed by atoms with E-state index in [1.165, 1.54) is 19.3 Å². The van der Waals surface area contributed by atoms with Crippen molar-refractivity contribution >= 4 is 23.6 Å². The number of nitrogens with one attached hydrogen (secondary N) is 1. The maximum Gasteiger partial charge on any atom is 0.358 e. The molecule has 0 aliphatic heterocycles. The Kier molecular flexibility index (Phi) is 7.34. The summed E-state index contributed by atoms with van der Waals surface area (Å²) in [5, 5.41) is 2.63. The molecule has 2 aromatic carbocycles. The Hall–Kier alpha value is -4.17. The lowest BCUT2D eigenvalue weighted by atomic mass is 10.1. The third-order valence-corrected chi connectivity index (χ3v) is 4.23. The molecule has 8 heteroatoms. The number of hydrogen-bond donors (Lipinski definition) is 2. The minimum Gasteiger partial charge on any atom is -0.493 e. The van der Waals surface area contributed by atoms with Crippen LogP contribution in [0.25, 0.3) is 6.08 Å². The van der Waals surface area contributed by atoms with Crippen LogP contribution in [0.4, 0.5) is 5.69 Å². The summed E-state index contributed by atoms with van der Waals surface area (Å²) in [5.74, 6) is 4.84. The Bertz CT molecular complexity index is 1080. The van der Waals surface area contributed by atoms with Gasteiger partial charge < -0.3 is 19.6 Å². The number of methoxy groups -OCH3 is 1. The number of para-hydroxylation sites is 1. The van der Waals surface area contributed by atoms with Crippen molar-refractivity contribution in [2.45, 2.75) is 6.61 Å². The van der Waals surface area contributed by atoms with Gasteiger partial charge >= 0.3 is 5.97 Å². The first-order valence-corrected chi connectivity index (χ1v) is 9.30. The number of nitrogens with two attached hydrogens (primary N) is 1. The van der Waals surface area contributed by atoms with Crippen molar-refractivity contribution in [1.29, 1.82) is 0 Å². The molecule has 31 heavy (non-hydrogen) atoms. The van der Waals surface area contributed by atoms with Crippen LogP contribution in [0.1, 0.15) is 21.6 Å². The molecule has 1 heterocycles. The fourth-order valence-corrected chi connectivity index (χ4v) is 2.72. The number of rotatable bonds is 8. The van der Waals surface area contributed by atoms with Crippen molar-refractivity contribution in [3.8, 4) is 11.5 Å². The summed E-state index contributed by atoms with van der Waals surface area (Å²) < 4.78 is 11.2. The molecular formula is C23H21N3O5. The Labute approximate surface area is 179 Å². The second-order valence-electron chi connectivity index (χ2n) is 6.29. The highest BCUT2D eigenvalue weighted by Gasteiger charge is 2.13. The Morgan fingerprint density at radius 2 is 1.87 bits per heavy atom. The number of pyridine rings is 1. The Balaban J connectivity index is 1.67. The molecule has 158 valence electrons. The van der Waals surface area contributed by atoms with Crippen LogP contribution in [0, 0.1) is 0 Å². The molecule has 3 rings (SSSR count). The summed E-state index contributed by atoms with van der Waals surface area (Å²) in [6, 6.07) is 17.3. The normalized spacial score (nSPS) is 10.5. The molecule has 0 saturated carbocycles. The minimum atomic E-state index is -0.745. The van der Waals surface area contributed by atoms with Crippen molar-refractivity contribution in [1.82, 2.24) is 4.98 Å². The number of ether oxygens (including phenoxy) is 2. The Morgan fingerprint density at radius 1 is 1.06 bits per heavy atom. The molecule has 0 spiro atoms. The van der Waals surface area contributed by atoms with Gasteiger partial charge in [0, 0.05) is 12.3 Å². The van der Waals surface area contributed by atoms with E-state index in [4.69, 9.17) is 15.4 Å². The summed E-state index contributed by atoms with van der Waals surface area (Å²) in [5.41, 5.74) is 1.97. The maximum absolute atomic E-state index is 12.3. The first-order valence-electron chi connectivity index (χ1n) is 9.30. The SMILES string of the molecule is COc1cc(/C=C/C(=O)Nc2ccccc2C(=O)ON)ccc1OCc1ccccn1. The highest BCUT2D eigenvalue weighted by atomic mass is 16.7. The number of hydrogen-bond acceptors (Lipinski definition) is 7. The predicted octanol–water partition coefficient (Wildman–Crippen LogP) is 3.35. The average Bonchev–Trinajstić information content (AvgIpc) is 2.82. The van der Waals surface area contributed by atoms with E-state index in [0.29, 0.717) is 23.8 Å². The van der Waals surface area contributed by atoms with Crippen molar-refractivity contribution < 1.29 is 23.9 Å². The van der Waals surface area contributed by atoms with E-state index in [1.807, 2.05) is 18.2 Å². The highest BCUT2D eigenvalue weighted by Crippen LogP contribution is 2.29. The molecule has 3 N–H and O–H groups in total. The smallest absolute Gasteiger partial charge is 0.358 e. The van der Waals surface area contributed by atoms with Gasteiger partial charge in [0.05, 0.1) is 24.1 Å². The number of aromatic nitrogens is 1. The molecule has 0 fully saturated rings. The molecule has 8 nitrogen and oxygen atoms in total. The fraction of sp³-hybridized carbons (Fsp3) is 0.0870. The first kappa shape index (κ1) is 21.5. The third kappa shape index (κ3) is 5.91. The van der Waals surface area contributed by atoms with E-state index in [0.717, 1.165) is 11.3 Å². The van der Waals surface area contributed by atoms with Crippen LogP contribution < -0.4 is 20.7 Å². The van der Waals surface area contributed by atoms with Crippen molar-refractivity contribution in [3.05, 3.63) is 89.8 Å². The monoisotopic (exact) mass is 419 g/mol. The number of carbonyl (C=O) groups is 2. The maximum atomic E-state index is 12.3. The number of carbonyl (C=O) groups excluding carboxylic acids is 2. The van der Waals surface area contributed by atoms with Crippen molar-refractivity contribution in [2.24, 2.45) is 5.90 Å². The molecule has 0 bridgehead atoms. The first-order chi connectivity index (χ1) is 15.1. The number of anilines is 1. The van der Waals surface area contributed by atoms with Crippen LogP contribution >= 0.6 is 0 Å². The van der Waals surface area contributed by atoms with Gasteiger partial charge in [0.2, 0.25) is 5.91 Å². The van der Waals surface area contributed by atoms with Crippen LogP contribution in [0.5, 0.6) is 11.5 Å². The zero-order chi connectivity index (χ0) is 22.1. The summed E-state index contributed by atoms with van der Waals surface area (Å²) in [6.45, 7) is 0.305. The molecule has 1 aromatic heterocycles. The van der Waals surface area contributed by atoms with E-state index in [9.17, 15) is 9.59 Å². The number of nitrogens with zero attached hydrogens (tertiary/aromatic N) is 1. The van der Waals surface area contributed by atoms with E-state index < -0.39 is 11.9 Å². The largest absolute Gasteiger partial charge is 0.493 e. The molecule has 0 aliphatic rings. The van der Waals surface area contributed by atoms with Gasteiger partial charge in [0.25, 0.3) is 0 Å². The summed E-state index contributed by atoms with van der Waals surface area (Å²) in [7, 11) is 1.54. The molecule has 0 aliphatic carbocycles. The summed E-state index contributed by atoms with van der Waals surface area (Å²) >= 11 is 0. The fourth-order valence-electron chi connectivity index (χ4n) is 2.72. The molecule has 0 unspecified atom stereocenters. The predicted molar refractivity (Wildman–Crippen MR) is 115 cm³/mol. The van der Waals surface area contributed by atoms with Gasteiger partial charge in [-0.05, 0) is 48.0 Å². The third-order valence-electron chi connectivity index (χ3n) is 4.23. The lowest BCUT2D eigenvalue weighted by Gasteiger charge is -2.11. The molecule has 0 radical (unpaired) electrons. The topological polar surface area (TPSA) is 113 Å². The molecule has 0 saturated heterocycles. The average molecular weight is 419 g/mol. The van der Waals surface area contributed by atoms with E-state index in [1.54, 1.807) is 48.7 Å². The van der Waals surface area contributed by atoms with E-state index in [2.05, 4.69) is 15.1 Å². The van der Waals surface area contributed by atoms with E-state index >= 15 is 0 Å². The quantitative estimate of drug-likeness (QED) is 0.425. The zero-order valence-electron chi connectivity index (χ0n) is 16.8. The molecule has 3 aromatic rings.